The second-order valence-electron chi connectivity index (χ2n) is 9.11. The van der Waals surface area contributed by atoms with Crippen molar-refractivity contribution in [2.24, 2.45) is 5.41 Å². The number of nitrogens with one attached hydrogen (secondary N) is 1. The van der Waals surface area contributed by atoms with Crippen LogP contribution >= 0.6 is 0 Å². The Kier molecular flexibility index (Phi) is 5.51. The maximum atomic E-state index is 13.6. The van der Waals surface area contributed by atoms with Gasteiger partial charge in [-0.05, 0) is 61.2 Å². The van der Waals surface area contributed by atoms with Crippen LogP contribution in [0.15, 0.2) is 54.9 Å². The Bertz CT molecular complexity index is 1120. The summed E-state index contributed by atoms with van der Waals surface area (Å²) in [6.07, 6.45) is 6.66. The number of hydrogen-bond acceptors (Lipinski definition) is 3. The average Bonchev–Trinajstić information content (AvgIpc) is 3.47. The van der Waals surface area contributed by atoms with Crippen LogP contribution in [-0.2, 0) is 6.54 Å². The summed E-state index contributed by atoms with van der Waals surface area (Å²) in [5.41, 5.74) is 3.46. The first-order chi connectivity index (χ1) is 15.5. The van der Waals surface area contributed by atoms with Gasteiger partial charge in [-0.2, -0.15) is 5.10 Å². The van der Waals surface area contributed by atoms with E-state index in [0.717, 1.165) is 62.1 Å². The van der Waals surface area contributed by atoms with Crippen LogP contribution in [-0.4, -0.2) is 52.1 Å². The van der Waals surface area contributed by atoms with Crippen LogP contribution in [0.3, 0.4) is 0 Å². The van der Waals surface area contributed by atoms with E-state index in [2.05, 4.69) is 15.1 Å². The summed E-state index contributed by atoms with van der Waals surface area (Å²) in [6.45, 7) is 3.87. The van der Waals surface area contributed by atoms with E-state index in [4.69, 9.17) is 0 Å². The molecule has 0 saturated carbocycles. The number of likely N-dealkylation sites (tertiary alicyclic amines) is 2. The lowest BCUT2D eigenvalue weighted by Gasteiger charge is -2.40. The fraction of sp³-hybridized carbons (Fsp3) is 0.360. The summed E-state index contributed by atoms with van der Waals surface area (Å²) in [5.74, 6) is -1.56. The number of amides is 1. The number of hydrogen-bond donors (Lipinski definition) is 1. The van der Waals surface area contributed by atoms with Gasteiger partial charge in [-0.15, -0.1) is 0 Å². The van der Waals surface area contributed by atoms with E-state index in [0.29, 0.717) is 12.1 Å². The molecule has 5 rings (SSSR count). The molecular formula is C25H26F2N4O. The van der Waals surface area contributed by atoms with Crippen LogP contribution in [0.2, 0.25) is 0 Å². The smallest absolute Gasteiger partial charge is 0.253 e. The molecule has 1 atom stereocenters. The first-order valence-corrected chi connectivity index (χ1v) is 11.1. The summed E-state index contributed by atoms with van der Waals surface area (Å²) in [4.78, 5) is 17.5. The molecule has 0 bridgehead atoms. The highest BCUT2D eigenvalue weighted by atomic mass is 19.2. The van der Waals surface area contributed by atoms with Gasteiger partial charge in [0.1, 0.15) is 0 Å². The quantitative estimate of drug-likeness (QED) is 0.656. The second-order valence-corrected chi connectivity index (χ2v) is 9.11. The van der Waals surface area contributed by atoms with E-state index in [1.54, 1.807) is 12.3 Å². The van der Waals surface area contributed by atoms with Crippen LogP contribution in [0.5, 0.6) is 0 Å². The minimum atomic E-state index is -0.814. The Balaban J connectivity index is 1.26. The Morgan fingerprint density at radius 1 is 1.03 bits per heavy atom. The van der Waals surface area contributed by atoms with Gasteiger partial charge in [0.25, 0.3) is 5.91 Å². The number of aromatic amines is 1. The van der Waals surface area contributed by atoms with E-state index in [1.165, 1.54) is 12.1 Å². The third-order valence-electron chi connectivity index (χ3n) is 6.80. The minimum Gasteiger partial charge on any atom is -0.338 e. The molecule has 1 aromatic heterocycles. The van der Waals surface area contributed by atoms with Crippen molar-refractivity contribution in [3.63, 3.8) is 0 Å². The van der Waals surface area contributed by atoms with Gasteiger partial charge in [-0.25, -0.2) is 8.78 Å². The third kappa shape index (κ3) is 4.17. The first-order valence-electron chi connectivity index (χ1n) is 11.1. The molecule has 2 aromatic carbocycles. The number of benzene rings is 2. The number of halogens is 2. The fourth-order valence-electron chi connectivity index (χ4n) is 5.21. The molecule has 5 nitrogen and oxygen atoms in total. The summed E-state index contributed by atoms with van der Waals surface area (Å²) >= 11 is 0. The maximum Gasteiger partial charge on any atom is 0.253 e. The number of H-pyrrole nitrogens is 1. The summed E-state index contributed by atoms with van der Waals surface area (Å²) in [5, 5.41) is 6.80. The minimum absolute atomic E-state index is 0.0601. The maximum absolute atomic E-state index is 13.6. The van der Waals surface area contributed by atoms with Crippen molar-refractivity contribution in [3.05, 3.63) is 77.6 Å². The van der Waals surface area contributed by atoms with Crippen LogP contribution < -0.4 is 0 Å². The van der Waals surface area contributed by atoms with Gasteiger partial charge in [0.2, 0.25) is 0 Å². The lowest BCUT2D eigenvalue weighted by molar-refractivity contribution is 0.0675. The highest BCUT2D eigenvalue weighted by Gasteiger charge is 2.42. The van der Waals surface area contributed by atoms with Gasteiger partial charge in [0, 0.05) is 48.9 Å². The highest BCUT2D eigenvalue weighted by Crippen LogP contribution is 2.40. The molecule has 1 N–H and O–H groups in total. The summed E-state index contributed by atoms with van der Waals surface area (Å²) in [6, 6.07) is 11.8. The molecule has 2 fully saturated rings. The van der Waals surface area contributed by atoms with E-state index >= 15 is 0 Å². The normalized spacial score (nSPS) is 21.4. The van der Waals surface area contributed by atoms with Crippen molar-refractivity contribution in [1.29, 1.82) is 0 Å². The molecule has 3 heterocycles. The van der Waals surface area contributed by atoms with Gasteiger partial charge in [-0.1, -0.05) is 18.2 Å². The first kappa shape index (κ1) is 20.8. The second kappa shape index (κ2) is 8.47. The third-order valence-corrected chi connectivity index (χ3v) is 6.80. The zero-order valence-electron chi connectivity index (χ0n) is 17.9. The summed E-state index contributed by atoms with van der Waals surface area (Å²) in [7, 11) is 0. The molecule has 32 heavy (non-hydrogen) atoms. The lowest BCUT2D eigenvalue weighted by atomic mass is 9.79. The number of carbonyl (C=O) groups is 1. The number of rotatable bonds is 4. The van der Waals surface area contributed by atoms with Crippen molar-refractivity contribution >= 4 is 5.91 Å². The molecule has 0 radical (unpaired) electrons. The molecule has 2 aliphatic rings. The molecule has 0 aliphatic carbocycles. The SMILES string of the molecule is O=C(c1cccc(-c2cn[nH]c2)c1)N1CCC2(CCCN(Cc3ccc(F)c(F)c3)C2)C1. The molecule has 166 valence electrons. The van der Waals surface area contributed by atoms with Gasteiger partial charge >= 0.3 is 0 Å². The van der Waals surface area contributed by atoms with Crippen LogP contribution in [0, 0.1) is 17.0 Å². The van der Waals surface area contributed by atoms with E-state index in [-0.39, 0.29) is 11.3 Å². The fourth-order valence-corrected chi connectivity index (χ4v) is 5.21. The van der Waals surface area contributed by atoms with Crippen molar-refractivity contribution in [2.45, 2.75) is 25.8 Å². The number of aromatic nitrogens is 2. The molecule has 1 amide bonds. The Labute approximate surface area is 186 Å². The molecule has 7 heteroatoms. The molecule has 2 saturated heterocycles. The molecule has 3 aromatic rings. The van der Waals surface area contributed by atoms with Crippen molar-refractivity contribution < 1.29 is 13.6 Å². The largest absolute Gasteiger partial charge is 0.338 e. The number of carbonyl (C=O) groups excluding carboxylic acids is 1. The zero-order valence-corrected chi connectivity index (χ0v) is 17.9. The van der Waals surface area contributed by atoms with Crippen molar-refractivity contribution in [3.8, 4) is 11.1 Å². The van der Waals surface area contributed by atoms with Crippen LogP contribution in [0.4, 0.5) is 8.78 Å². The zero-order chi connectivity index (χ0) is 22.1. The van der Waals surface area contributed by atoms with E-state index in [1.807, 2.05) is 35.4 Å². The highest BCUT2D eigenvalue weighted by molar-refractivity contribution is 5.95. The monoisotopic (exact) mass is 436 g/mol. The van der Waals surface area contributed by atoms with Gasteiger partial charge < -0.3 is 4.90 Å². The van der Waals surface area contributed by atoms with Gasteiger partial charge in [0.15, 0.2) is 11.6 Å². The lowest BCUT2D eigenvalue weighted by Crippen LogP contribution is -2.45. The van der Waals surface area contributed by atoms with Crippen LogP contribution in [0.25, 0.3) is 11.1 Å². The molecule has 1 unspecified atom stereocenters. The summed E-state index contributed by atoms with van der Waals surface area (Å²) < 4.78 is 26.9. The van der Waals surface area contributed by atoms with Crippen molar-refractivity contribution in [1.82, 2.24) is 20.0 Å². The van der Waals surface area contributed by atoms with Gasteiger partial charge in [0.05, 0.1) is 6.20 Å². The molecular weight excluding hydrogens is 410 g/mol. The average molecular weight is 437 g/mol. The van der Waals surface area contributed by atoms with Crippen LogP contribution in [0.1, 0.15) is 35.2 Å². The topological polar surface area (TPSA) is 52.2 Å². The Hall–Kier alpha value is -3.06. The predicted molar refractivity (Wildman–Crippen MR) is 118 cm³/mol. The Morgan fingerprint density at radius 2 is 1.94 bits per heavy atom. The van der Waals surface area contributed by atoms with Crippen molar-refractivity contribution in [2.75, 3.05) is 26.2 Å². The standard InChI is InChI=1S/C25H26F2N4O/c26-22-6-5-18(11-23(22)27)15-30-9-2-7-25(16-30)8-10-31(17-25)24(32)20-4-1-3-19(12-20)21-13-28-29-14-21/h1,3-6,11-14H,2,7-10,15-17H2,(H,28,29). The molecule has 2 aliphatic heterocycles. The Morgan fingerprint density at radius 3 is 2.75 bits per heavy atom. The molecule has 1 spiro atoms. The van der Waals surface area contributed by atoms with E-state index < -0.39 is 11.6 Å². The van der Waals surface area contributed by atoms with E-state index in [9.17, 15) is 13.6 Å². The predicted octanol–water partition coefficient (Wildman–Crippen LogP) is 4.48. The number of nitrogens with zero attached hydrogens (tertiary/aromatic N) is 3. The van der Waals surface area contributed by atoms with Gasteiger partial charge in [-0.3, -0.25) is 14.8 Å². The number of piperidine rings is 1.